The Morgan fingerprint density at radius 1 is 1.06 bits per heavy atom. The highest BCUT2D eigenvalue weighted by Crippen LogP contribution is 2.17. The molecule has 1 aliphatic heterocycles. The lowest BCUT2D eigenvalue weighted by Crippen LogP contribution is -2.35. The van der Waals surface area contributed by atoms with Crippen LogP contribution in [0.4, 0.5) is 0 Å². The zero-order valence-electron chi connectivity index (χ0n) is 19.4. The molecule has 1 saturated heterocycles. The van der Waals surface area contributed by atoms with E-state index in [9.17, 15) is 13.2 Å². The fourth-order valence-electron chi connectivity index (χ4n) is 3.74. The molecule has 1 fully saturated rings. The molecule has 178 valence electrons. The predicted octanol–water partition coefficient (Wildman–Crippen LogP) is 2.88. The Hall–Kier alpha value is -2.52. The van der Waals surface area contributed by atoms with Gasteiger partial charge in [0.2, 0.25) is 15.9 Å². The van der Waals surface area contributed by atoms with Gasteiger partial charge in [-0.05, 0) is 34.9 Å². The van der Waals surface area contributed by atoms with Crippen molar-refractivity contribution in [3.63, 3.8) is 0 Å². The summed E-state index contributed by atoms with van der Waals surface area (Å²) in [5, 5.41) is 2.90. The maximum absolute atomic E-state index is 12.6. The quantitative estimate of drug-likeness (QED) is 0.539. The van der Waals surface area contributed by atoms with Crippen molar-refractivity contribution in [2.45, 2.75) is 31.8 Å². The Bertz CT molecular complexity index is 1040. The number of sulfonamides is 1. The van der Waals surface area contributed by atoms with Crippen LogP contribution >= 0.6 is 0 Å². The van der Waals surface area contributed by atoms with E-state index in [-0.39, 0.29) is 10.8 Å². The number of morpholine rings is 1. The number of ether oxygens (including phenoxy) is 1. The number of benzene rings is 2. The molecule has 1 aliphatic rings. The number of rotatable bonds is 10. The molecule has 0 atom stereocenters. The van der Waals surface area contributed by atoms with E-state index in [0.29, 0.717) is 19.6 Å². The Morgan fingerprint density at radius 2 is 1.73 bits per heavy atom. The number of nitrogens with one attached hydrogen (secondary N) is 1. The summed E-state index contributed by atoms with van der Waals surface area (Å²) in [6.07, 6.45) is 3.14. The van der Waals surface area contributed by atoms with Crippen LogP contribution < -0.4 is 5.32 Å². The molecule has 7 nitrogen and oxygen atoms in total. The first kappa shape index (κ1) is 25.1. The standard InChI is InChI=1S/C25H33N3O4S/c1-3-28(4-2)33(30,31)24-11-8-21(9-12-24)10-13-25(29)26-19-22-6-5-7-23(18-22)20-27-14-16-32-17-15-27/h5-13,18H,3-4,14-17,19-20H2,1-2H3,(H,26,29). The average Bonchev–Trinajstić information content (AvgIpc) is 2.83. The molecule has 1 amide bonds. The first-order valence-electron chi connectivity index (χ1n) is 11.4. The number of nitrogens with zero attached hydrogens (tertiary/aromatic N) is 2. The van der Waals surface area contributed by atoms with E-state index in [1.165, 1.54) is 15.9 Å². The zero-order valence-corrected chi connectivity index (χ0v) is 20.2. The largest absolute Gasteiger partial charge is 0.379 e. The van der Waals surface area contributed by atoms with Gasteiger partial charge in [0.1, 0.15) is 0 Å². The fraction of sp³-hybridized carbons (Fsp3) is 0.400. The second-order valence-electron chi connectivity index (χ2n) is 7.92. The first-order chi connectivity index (χ1) is 15.9. The van der Waals surface area contributed by atoms with Gasteiger partial charge in [-0.15, -0.1) is 0 Å². The van der Waals surface area contributed by atoms with Gasteiger partial charge in [0.25, 0.3) is 0 Å². The number of hydrogen-bond acceptors (Lipinski definition) is 5. The predicted molar refractivity (Wildman–Crippen MR) is 130 cm³/mol. The molecule has 0 unspecified atom stereocenters. The molecule has 0 saturated carbocycles. The molecule has 0 aromatic heterocycles. The molecule has 8 heteroatoms. The summed E-state index contributed by atoms with van der Waals surface area (Å²) in [4.78, 5) is 14.9. The summed E-state index contributed by atoms with van der Waals surface area (Å²) in [7, 11) is -3.48. The molecule has 0 spiro atoms. The van der Waals surface area contributed by atoms with Gasteiger partial charge < -0.3 is 10.1 Å². The second-order valence-corrected chi connectivity index (χ2v) is 9.86. The maximum Gasteiger partial charge on any atom is 0.244 e. The highest BCUT2D eigenvalue weighted by atomic mass is 32.2. The van der Waals surface area contributed by atoms with Gasteiger partial charge in [0.15, 0.2) is 0 Å². The van der Waals surface area contributed by atoms with Gasteiger partial charge in [-0.25, -0.2) is 8.42 Å². The molecule has 2 aromatic carbocycles. The Morgan fingerprint density at radius 3 is 2.39 bits per heavy atom. The lowest BCUT2D eigenvalue weighted by Gasteiger charge is -2.26. The van der Waals surface area contributed by atoms with Gasteiger partial charge in [-0.3, -0.25) is 9.69 Å². The SMILES string of the molecule is CCN(CC)S(=O)(=O)c1ccc(C=CC(=O)NCc2cccc(CN3CCOCC3)c2)cc1. The van der Waals surface area contributed by atoms with Gasteiger partial charge >= 0.3 is 0 Å². The topological polar surface area (TPSA) is 79.0 Å². The molecule has 1 heterocycles. The summed E-state index contributed by atoms with van der Waals surface area (Å²) in [6.45, 7) is 9.24. The average molecular weight is 472 g/mol. The van der Waals surface area contributed by atoms with Crippen molar-refractivity contribution in [2.24, 2.45) is 0 Å². The van der Waals surface area contributed by atoms with Crippen molar-refractivity contribution >= 4 is 22.0 Å². The third-order valence-corrected chi connectivity index (χ3v) is 7.68. The second kappa shape index (κ2) is 12.1. The summed E-state index contributed by atoms with van der Waals surface area (Å²) in [5.41, 5.74) is 3.03. The minimum absolute atomic E-state index is 0.201. The highest BCUT2D eigenvalue weighted by Gasteiger charge is 2.20. The highest BCUT2D eigenvalue weighted by molar-refractivity contribution is 7.89. The number of hydrogen-bond donors (Lipinski definition) is 1. The lowest BCUT2D eigenvalue weighted by atomic mass is 10.1. The fourth-order valence-corrected chi connectivity index (χ4v) is 5.20. The third kappa shape index (κ3) is 7.23. The third-order valence-electron chi connectivity index (χ3n) is 5.62. The molecule has 0 bridgehead atoms. The minimum atomic E-state index is -3.48. The zero-order chi connectivity index (χ0) is 23.7. The molecule has 3 rings (SSSR count). The van der Waals surface area contributed by atoms with E-state index in [2.05, 4.69) is 22.3 Å². The van der Waals surface area contributed by atoms with Crippen LogP contribution in [0.1, 0.15) is 30.5 Å². The van der Waals surface area contributed by atoms with Crippen LogP contribution in [-0.4, -0.2) is 62.9 Å². The van der Waals surface area contributed by atoms with Crippen LogP contribution in [0.2, 0.25) is 0 Å². The van der Waals surface area contributed by atoms with Crippen molar-refractivity contribution in [3.8, 4) is 0 Å². The van der Waals surface area contributed by atoms with E-state index in [1.54, 1.807) is 30.3 Å². The van der Waals surface area contributed by atoms with Gasteiger partial charge in [-0.2, -0.15) is 4.31 Å². The van der Waals surface area contributed by atoms with Crippen LogP contribution in [-0.2, 0) is 32.6 Å². The van der Waals surface area contributed by atoms with E-state index >= 15 is 0 Å². The van der Waals surface area contributed by atoms with Crippen molar-refractivity contribution in [1.82, 2.24) is 14.5 Å². The normalized spacial score (nSPS) is 15.2. The Balaban J connectivity index is 1.52. The van der Waals surface area contributed by atoms with Crippen LogP contribution in [0.5, 0.6) is 0 Å². The van der Waals surface area contributed by atoms with Gasteiger partial charge in [-0.1, -0.05) is 50.2 Å². The van der Waals surface area contributed by atoms with Crippen LogP contribution in [0.15, 0.2) is 59.5 Å². The number of carbonyl (C=O) groups excluding carboxylic acids is 1. The summed E-state index contributed by atoms with van der Waals surface area (Å²) < 4.78 is 31.9. The summed E-state index contributed by atoms with van der Waals surface area (Å²) in [6, 6.07) is 14.8. The molecule has 2 aromatic rings. The minimum Gasteiger partial charge on any atom is -0.379 e. The van der Waals surface area contributed by atoms with Crippen molar-refractivity contribution in [1.29, 1.82) is 0 Å². The molecule has 0 aliphatic carbocycles. The van der Waals surface area contributed by atoms with Crippen LogP contribution in [0.3, 0.4) is 0 Å². The first-order valence-corrected chi connectivity index (χ1v) is 12.8. The maximum atomic E-state index is 12.6. The van der Waals surface area contributed by atoms with Gasteiger partial charge in [0, 0.05) is 45.3 Å². The Kier molecular flexibility index (Phi) is 9.20. The van der Waals surface area contributed by atoms with E-state index in [4.69, 9.17) is 4.74 Å². The number of carbonyl (C=O) groups is 1. The molecular formula is C25H33N3O4S. The summed E-state index contributed by atoms with van der Waals surface area (Å²) >= 11 is 0. The van der Waals surface area contributed by atoms with Crippen molar-refractivity contribution in [2.75, 3.05) is 39.4 Å². The molecule has 33 heavy (non-hydrogen) atoms. The van der Waals surface area contributed by atoms with E-state index in [1.807, 2.05) is 26.0 Å². The smallest absolute Gasteiger partial charge is 0.244 e. The van der Waals surface area contributed by atoms with Crippen molar-refractivity contribution in [3.05, 3.63) is 71.3 Å². The monoisotopic (exact) mass is 471 g/mol. The van der Waals surface area contributed by atoms with Crippen LogP contribution in [0.25, 0.3) is 6.08 Å². The Labute approximate surface area is 197 Å². The number of amides is 1. The van der Waals surface area contributed by atoms with Crippen LogP contribution in [0, 0.1) is 0 Å². The van der Waals surface area contributed by atoms with Gasteiger partial charge in [0.05, 0.1) is 18.1 Å². The molecule has 1 N–H and O–H groups in total. The molecule has 0 radical (unpaired) electrons. The molecular weight excluding hydrogens is 438 g/mol. The van der Waals surface area contributed by atoms with Crippen molar-refractivity contribution < 1.29 is 17.9 Å². The summed E-state index contributed by atoms with van der Waals surface area (Å²) in [5.74, 6) is -0.201. The lowest BCUT2D eigenvalue weighted by molar-refractivity contribution is -0.116. The van der Waals surface area contributed by atoms with E-state index in [0.717, 1.165) is 44.0 Å². The van der Waals surface area contributed by atoms with E-state index < -0.39 is 10.0 Å².